The van der Waals surface area contributed by atoms with Gasteiger partial charge in [-0.1, -0.05) is 26.8 Å². The summed E-state index contributed by atoms with van der Waals surface area (Å²) < 4.78 is 43.3. The molecular formula is C20H24F3NO3. The van der Waals surface area contributed by atoms with E-state index < -0.39 is 24.3 Å². The minimum absolute atomic E-state index is 0.0626. The highest BCUT2D eigenvalue weighted by Crippen LogP contribution is 2.52. The van der Waals surface area contributed by atoms with Crippen LogP contribution in [0.1, 0.15) is 56.0 Å². The average Bonchev–Trinajstić information content (AvgIpc) is 2.80. The molecule has 0 spiro atoms. The summed E-state index contributed by atoms with van der Waals surface area (Å²) in [6.07, 6.45) is -1.68. The number of amides is 1. The minimum atomic E-state index is -4.54. The first-order valence-corrected chi connectivity index (χ1v) is 9.03. The van der Waals surface area contributed by atoms with Crippen molar-refractivity contribution in [2.45, 2.75) is 52.3 Å². The lowest BCUT2D eigenvalue weighted by Gasteiger charge is -2.39. The number of hydrogen-bond acceptors (Lipinski definition) is 3. The molecule has 1 heterocycles. The van der Waals surface area contributed by atoms with Crippen LogP contribution in [0.3, 0.4) is 0 Å². The van der Waals surface area contributed by atoms with Crippen LogP contribution in [0.2, 0.25) is 0 Å². The smallest absolute Gasteiger partial charge is 0.416 e. The minimum Gasteiger partial charge on any atom is -0.452 e. The van der Waals surface area contributed by atoms with Crippen LogP contribution in [0.5, 0.6) is 0 Å². The summed E-state index contributed by atoms with van der Waals surface area (Å²) in [7, 11) is 0. The van der Waals surface area contributed by atoms with Gasteiger partial charge in [-0.25, -0.2) is 4.79 Å². The van der Waals surface area contributed by atoms with Crippen LogP contribution in [0.4, 0.5) is 13.2 Å². The van der Waals surface area contributed by atoms with E-state index in [1.54, 1.807) is 4.90 Å². The third-order valence-corrected chi connectivity index (χ3v) is 5.49. The lowest BCUT2D eigenvalue weighted by atomic mass is 9.65. The van der Waals surface area contributed by atoms with Gasteiger partial charge < -0.3 is 9.64 Å². The number of nitrogens with zero attached hydrogens (tertiary/aromatic N) is 1. The lowest BCUT2D eigenvalue weighted by molar-refractivity contribution is -0.138. The van der Waals surface area contributed by atoms with Crippen LogP contribution in [-0.4, -0.2) is 36.0 Å². The number of carbonyl (C=O) groups is 2. The van der Waals surface area contributed by atoms with Crippen LogP contribution >= 0.6 is 0 Å². The Morgan fingerprint density at radius 1 is 1.22 bits per heavy atom. The Morgan fingerprint density at radius 2 is 1.93 bits per heavy atom. The topological polar surface area (TPSA) is 46.6 Å². The van der Waals surface area contributed by atoms with E-state index in [0.29, 0.717) is 6.54 Å². The second kappa shape index (κ2) is 6.53. The van der Waals surface area contributed by atoms with Crippen molar-refractivity contribution in [3.05, 3.63) is 35.4 Å². The maximum Gasteiger partial charge on any atom is 0.416 e. The third kappa shape index (κ3) is 4.28. The van der Waals surface area contributed by atoms with Crippen molar-refractivity contribution in [1.29, 1.82) is 0 Å². The first-order valence-electron chi connectivity index (χ1n) is 9.03. The molecule has 4 nitrogen and oxygen atoms in total. The van der Waals surface area contributed by atoms with Gasteiger partial charge in [0.15, 0.2) is 6.61 Å². The Hall–Kier alpha value is -2.05. The number of alkyl halides is 3. The second-order valence-corrected chi connectivity index (χ2v) is 8.89. The van der Waals surface area contributed by atoms with Gasteiger partial charge >= 0.3 is 12.1 Å². The molecule has 0 aromatic heterocycles. The van der Waals surface area contributed by atoms with Gasteiger partial charge in [0, 0.05) is 12.6 Å². The van der Waals surface area contributed by atoms with E-state index in [-0.39, 0.29) is 28.3 Å². The molecule has 27 heavy (non-hydrogen) atoms. The molecule has 2 fully saturated rings. The van der Waals surface area contributed by atoms with Gasteiger partial charge in [0.1, 0.15) is 0 Å². The van der Waals surface area contributed by atoms with E-state index in [1.165, 1.54) is 6.07 Å². The molecule has 1 saturated carbocycles. The Bertz CT molecular complexity index is 759. The summed E-state index contributed by atoms with van der Waals surface area (Å²) >= 11 is 0. The summed E-state index contributed by atoms with van der Waals surface area (Å²) in [6, 6.07) is 4.13. The van der Waals surface area contributed by atoms with Crippen LogP contribution < -0.4 is 0 Å². The fraction of sp³-hybridized carbons (Fsp3) is 0.600. The van der Waals surface area contributed by atoms with Crippen LogP contribution in [0.15, 0.2) is 24.3 Å². The van der Waals surface area contributed by atoms with Crippen molar-refractivity contribution in [3.8, 4) is 0 Å². The van der Waals surface area contributed by atoms with Gasteiger partial charge in [-0.2, -0.15) is 13.2 Å². The number of hydrogen-bond donors (Lipinski definition) is 0. The van der Waals surface area contributed by atoms with Crippen molar-refractivity contribution in [2.24, 2.45) is 10.8 Å². The fourth-order valence-corrected chi connectivity index (χ4v) is 4.87. The predicted molar refractivity (Wildman–Crippen MR) is 93.0 cm³/mol. The predicted octanol–water partition coefficient (Wildman–Crippen LogP) is 4.29. The first-order chi connectivity index (χ1) is 12.4. The normalized spacial score (nSPS) is 26.7. The zero-order valence-electron chi connectivity index (χ0n) is 15.7. The van der Waals surface area contributed by atoms with Crippen LogP contribution in [0, 0.1) is 10.8 Å². The first kappa shape index (κ1) is 19.7. The van der Waals surface area contributed by atoms with Gasteiger partial charge in [0.05, 0.1) is 11.1 Å². The second-order valence-electron chi connectivity index (χ2n) is 8.89. The Kier molecular flexibility index (Phi) is 4.77. The quantitative estimate of drug-likeness (QED) is 0.732. The molecule has 1 aliphatic heterocycles. The number of esters is 1. The average molecular weight is 383 g/mol. The summed E-state index contributed by atoms with van der Waals surface area (Å²) in [6.45, 7) is 6.73. The van der Waals surface area contributed by atoms with E-state index in [9.17, 15) is 22.8 Å². The van der Waals surface area contributed by atoms with Crippen molar-refractivity contribution in [3.63, 3.8) is 0 Å². The van der Waals surface area contributed by atoms with Gasteiger partial charge in [0.2, 0.25) is 0 Å². The van der Waals surface area contributed by atoms with Crippen LogP contribution in [0.25, 0.3) is 0 Å². The maximum absolute atomic E-state index is 12.8. The molecule has 1 saturated heterocycles. The highest BCUT2D eigenvalue weighted by atomic mass is 19.4. The maximum atomic E-state index is 12.8. The molecule has 1 amide bonds. The SMILES string of the molecule is CC1(C)C[C@H]2C[C@](C)(CN2C(=O)COC(=O)c2cccc(C(F)(F)F)c2)C1. The van der Waals surface area contributed by atoms with Crippen LogP contribution in [-0.2, 0) is 15.7 Å². The molecule has 3 rings (SSSR count). The number of benzene rings is 1. The van der Waals surface area contributed by atoms with E-state index in [1.807, 2.05) is 0 Å². The van der Waals surface area contributed by atoms with E-state index >= 15 is 0 Å². The zero-order valence-corrected chi connectivity index (χ0v) is 15.7. The fourth-order valence-electron chi connectivity index (χ4n) is 4.87. The van der Waals surface area contributed by atoms with Crippen molar-refractivity contribution < 1.29 is 27.5 Å². The molecule has 2 aliphatic rings. The molecule has 1 aromatic carbocycles. The highest BCUT2D eigenvalue weighted by molar-refractivity contribution is 5.91. The molecule has 148 valence electrons. The molecule has 1 aromatic rings. The van der Waals surface area contributed by atoms with Crippen molar-refractivity contribution in [1.82, 2.24) is 4.90 Å². The standard InChI is InChI=1S/C20H24F3NO3/c1-18(2)8-15-9-19(3,11-18)12-24(15)16(25)10-27-17(26)13-5-4-6-14(7-13)20(21,22)23/h4-7,15H,8-12H2,1-3H3/t15-,19-/m0/s1. The molecule has 2 atom stereocenters. The summed E-state index contributed by atoms with van der Waals surface area (Å²) in [5, 5.41) is 0. The van der Waals surface area contributed by atoms with E-state index in [0.717, 1.165) is 37.5 Å². The van der Waals surface area contributed by atoms with Gasteiger partial charge in [-0.3, -0.25) is 4.79 Å². The van der Waals surface area contributed by atoms with Crippen molar-refractivity contribution >= 4 is 11.9 Å². The van der Waals surface area contributed by atoms with Crippen molar-refractivity contribution in [2.75, 3.05) is 13.2 Å². The van der Waals surface area contributed by atoms with Gasteiger partial charge in [-0.05, 0) is 48.3 Å². The highest BCUT2D eigenvalue weighted by Gasteiger charge is 2.50. The number of fused-ring (bicyclic) bond motifs is 2. The number of likely N-dealkylation sites (tertiary alicyclic amines) is 1. The van der Waals surface area contributed by atoms with Gasteiger partial charge in [0.25, 0.3) is 5.91 Å². The molecule has 2 bridgehead atoms. The molecular weight excluding hydrogens is 359 g/mol. The molecule has 0 radical (unpaired) electrons. The zero-order chi connectivity index (χ0) is 20.0. The Balaban J connectivity index is 1.62. The van der Waals surface area contributed by atoms with E-state index in [4.69, 9.17) is 4.74 Å². The number of rotatable bonds is 3. The largest absolute Gasteiger partial charge is 0.452 e. The van der Waals surface area contributed by atoms with Gasteiger partial charge in [-0.15, -0.1) is 0 Å². The molecule has 0 unspecified atom stereocenters. The molecule has 1 aliphatic carbocycles. The third-order valence-electron chi connectivity index (χ3n) is 5.49. The Labute approximate surface area is 156 Å². The molecule has 0 N–H and O–H groups in total. The monoisotopic (exact) mass is 383 g/mol. The number of halogens is 3. The molecule has 7 heteroatoms. The summed E-state index contributed by atoms with van der Waals surface area (Å²) in [5.41, 5.74) is -0.924. The summed E-state index contributed by atoms with van der Waals surface area (Å²) in [4.78, 5) is 26.4. The van der Waals surface area contributed by atoms with E-state index in [2.05, 4.69) is 20.8 Å². The summed E-state index contributed by atoms with van der Waals surface area (Å²) in [5.74, 6) is -1.22. The number of ether oxygens (including phenoxy) is 1. The lowest BCUT2D eigenvalue weighted by Crippen LogP contribution is -2.39. The number of carbonyl (C=O) groups excluding carboxylic acids is 2. The Morgan fingerprint density at radius 3 is 2.59 bits per heavy atom.